The largest absolute Gasteiger partial charge is 0.386 e. The van der Waals surface area contributed by atoms with E-state index in [-0.39, 0.29) is 0 Å². The van der Waals surface area contributed by atoms with Crippen LogP contribution in [0.2, 0.25) is 0 Å². The first kappa shape index (κ1) is 8.65. The molecule has 0 spiro atoms. The fourth-order valence-electron chi connectivity index (χ4n) is 1.09. The first-order chi connectivity index (χ1) is 5.72. The molecule has 0 bridgehead atoms. The van der Waals surface area contributed by atoms with Gasteiger partial charge in [-0.25, -0.2) is 0 Å². The summed E-state index contributed by atoms with van der Waals surface area (Å²) in [6.45, 7) is 7.29. The molecule has 0 aromatic carbocycles. The van der Waals surface area contributed by atoms with Gasteiger partial charge in [0.1, 0.15) is 0 Å². The maximum atomic E-state index is 5.39. The van der Waals surface area contributed by atoms with Gasteiger partial charge in [-0.15, -0.1) is 6.58 Å². The van der Waals surface area contributed by atoms with Gasteiger partial charge in [0.25, 0.3) is 0 Å². The Hall–Kier alpha value is -1.44. The molecule has 0 aromatic rings. The highest BCUT2D eigenvalue weighted by Crippen LogP contribution is 2.15. The van der Waals surface area contributed by atoms with Gasteiger partial charge in [0, 0.05) is 5.70 Å². The minimum Gasteiger partial charge on any atom is -0.386 e. The molecule has 0 fully saturated rings. The highest BCUT2D eigenvalue weighted by molar-refractivity contribution is 5.26. The molecule has 0 saturated carbocycles. The third-order valence-corrected chi connectivity index (χ3v) is 1.74. The van der Waals surface area contributed by atoms with Crippen molar-refractivity contribution in [2.24, 2.45) is 11.7 Å². The topological polar surface area (TPSA) is 38.0 Å². The van der Waals surface area contributed by atoms with Crippen molar-refractivity contribution in [3.63, 3.8) is 0 Å². The molecule has 1 aliphatic rings. The molecule has 1 aliphatic carbocycles. The Bertz CT molecular complexity index is 249. The summed E-state index contributed by atoms with van der Waals surface area (Å²) in [6, 6.07) is 0. The Balaban J connectivity index is 2.52. The zero-order valence-electron chi connectivity index (χ0n) is 7.09. The fourth-order valence-corrected chi connectivity index (χ4v) is 1.09. The van der Waals surface area contributed by atoms with Gasteiger partial charge in [0.2, 0.25) is 0 Å². The molecule has 12 heavy (non-hydrogen) atoms. The van der Waals surface area contributed by atoms with E-state index >= 15 is 0 Å². The summed E-state index contributed by atoms with van der Waals surface area (Å²) in [7, 11) is 0. The zero-order valence-corrected chi connectivity index (χ0v) is 7.09. The lowest BCUT2D eigenvalue weighted by Gasteiger charge is -2.13. The maximum absolute atomic E-state index is 5.39. The fraction of sp³-hybridized carbons (Fsp3) is 0.200. The summed E-state index contributed by atoms with van der Waals surface area (Å²) in [4.78, 5) is 0. The van der Waals surface area contributed by atoms with Crippen LogP contribution in [0.15, 0.2) is 49.0 Å². The molecule has 0 amide bonds. The standard InChI is InChI=1S/C10H14N2/c1-3-9-4-6-10(7-5-9)12-8(2)11/h3-4,6-7,9,12H,1-2,5,11H2. The molecule has 2 nitrogen and oxygen atoms in total. The lowest BCUT2D eigenvalue weighted by Crippen LogP contribution is -2.18. The molecule has 3 N–H and O–H groups in total. The van der Waals surface area contributed by atoms with Gasteiger partial charge in [0.15, 0.2) is 0 Å². The highest BCUT2D eigenvalue weighted by Gasteiger charge is 2.03. The molecule has 0 aliphatic heterocycles. The van der Waals surface area contributed by atoms with Crippen molar-refractivity contribution in [2.45, 2.75) is 6.42 Å². The normalized spacial score (nSPS) is 21.3. The number of nitrogens with one attached hydrogen (secondary N) is 1. The average Bonchev–Trinajstić information content (AvgIpc) is 2.05. The van der Waals surface area contributed by atoms with Crippen molar-refractivity contribution in [2.75, 3.05) is 0 Å². The first-order valence-electron chi connectivity index (χ1n) is 3.94. The summed E-state index contributed by atoms with van der Waals surface area (Å²) in [5.41, 5.74) is 6.40. The third kappa shape index (κ3) is 2.31. The monoisotopic (exact) mass is 162 g/mol. The van der Waals surface area contributed by atoms with E-state index in [1.807, 2.05) is 12.2 Å². The quantitative estimate of drug-likeness (QED) is 0.619. The van der Waals surface area contributed by atoms with Gasteiger partial charge in [-0.05, 0) is 18.4 Å². The van der Waals surface area contributed by atoms with Crippen LogP contribution in [0.25, 0.3) is 0 Å². The molecular formula is C10H14N2. The predicted molar refractivity (Wildman–Crippen MR) is 52.0 cm³/mol. The van der Waals surface area contributed by atoms with E-state index in [9.17, 15) is 0 Å². The molecule has 0 radical (unpaired) electrons. The smallest absolute Gasteiger partial charge is 0.0930 e. The van der Waals surface area contributed by atoms with Crippen LogP contribution in [0, 0.1) is 5.92 Å². The summed E-state index contributed by atoms with van der Waals surface area (Å²) >= 11 is 0. The zero-order chi connectivity index (χ0) is 8.97. The molecule has 2 heteroatoms. The van der Waals surface area contributed by atoms with E-state index in [0.717, 1.165) is 12.1 Å². The van der Waals surface area contributed by atoms with Crippen molar-refractivity contribution >= 4 is 0 Å². The first-order valence-corrected chi connectivity index (χ1v) is 3.94. The molecule has 1 rings (SSSR count). The summed E-state index contributed by atoms with van der Waals surface area (Å²) in [5.74, 6) is 0.935. The van der Waals surface area contributed by atoms with Gasteiger partial charge < -0.3 is 11.1 Å². The molecule has 0 aromatic heterocycles. The Morgan fingerprint density at radius 2 is 2.50 bits per heavy atom. The van der Waals surface area contributed by atoms with Gasteiger partial charge in [0.05, 0.1) is 5.82 Å². The third-order valence-electron chi connectivity index (χ3n) is 1.74. The van der Waals surface area contributed by atoms with E-state index in [1.54, 1.807) is 0 Å². The van der Waals surface area contributed by atoms with Crippen LogP contribution in [0.4, 0.5) is 0 Å². The number of rotatable bonds is 3. The van der Waals surface area contributed by atoms with E-state index in [4.69, 9.17) is 5.73 Å². The van der Waals surface area contributed by atoms with E-state index in [2.05, 4.69) is 30.6 Å². The predicted octanol–water partition coefficient (Wildman–Crippen LogP) is 1.65. The van der Waals surface area contributed by atoms with Crippen LogP contribution in [-0.4, -0.2) is 0 Å². The SMILES string of the molecule is C=CC1C=CC(NC(=C)N)=CC1. The van der Waals surface area contributed by atoms with Crippen molar-refractivity contribution in [1.29, 1.82) is 0 Å². The Kier molecular flexibility index (Phi) is 2.75. The van der Waals surface area contributed by atoms with E-state index in [0.29, 0.717) is 11.7 Å². The lowest BCUT2D eigenvalue weighted by molar-refractivity contribution is 0.798. The molecule has 64 valence electrons. The van der Waals surface area contributed by atoms with Gasteiger partial charge in [-0.2, -0.15) is 0 Å². The summed E-state index contributed by atoms with van der Waals surface area (Å²) < 4.78 is 0. The number of allylic oxidation sites excluding steroid dienone is 4. The van der Waals surface area contributed by atoms with Crippen molar-refractivity contribution in [3.05, 3.63) is 49.0 Å². The number of hydrogen-bond donors (Lipinski definition) is 2. The second-order valence-corrected chi connectivity index (χ2v) is 2.80. The van der Waals surface area contributed by atoms with Crippen LogP contribution >= 0.6 is 0 Å². The average molecular weight is 162 g/mol. The Labute approximate surface area is 73.1 Å². The van der Waals surface area contributed by atoms with Crippen molar-refractivity contribution < 1.29 is 0 Å². The van der Waals surface area contributed by atoms with Crippen molar-refractivity contribution in [1.82, 2.24) is 5.32 Å². The molecule has 0 saturated heterocycles. The van der Waals surface area contributed by atoms with E-state index < -0.39 is 0 Å². The second-order valence-electron chi connectivity index (χ2n) is 2.80. The second kappa shape index (κ2) is 3.81. The van der Waals surface area contributed by atoms with E-state index in [1.165, 1.54) is 0 Å². The van der Waals surface area contributed by atoms with Gasteiger partial charge in [-0.3, -0.25) is 0 Å². The number of hydrogen-bond acceptors (Lipinski definition) is 2. The minimum absolute atomic E-state index is 0.460. The van der Waals surface area contributed by atoms with Crippen LogP contribution in [-0.2, 0) is 0 Å². The lowest BCUT2D eigenvalue weighted by atomic mass is 10.00. The Morgan fingerprint density at radius 1 is 1.75 bits per heavy atom. The molecule has 0 heterocycles. The van der Waals surface area contributed by atoms with Gasteiger partial charge >= 0.3 is 0 Å². The summed E-state index contributed by atoms with van der Waals surface area (Å²) in [5, 5.41) is 2.95. The minimum atomic E-state index is 0.460. The molecule has 1 atom stereocenters. The Morgan fingerprint density at radius 3 is 2.92 bits per heavy atom. The van der Waals surface area contributed by atoms with Crippen LogP contribution in [0.5, 0.6) is 0 Å². The van der Waals surface area contributed by atoms with Crippen molar-refractivity contribution in [3.8, 4) is 0 Å². The maximum Gasteiger partial charge on any atom is 0.0930 e. The van der Waals surface area contributed by atoms with Crippen LogP contribution in [0.1, 0.15) is 6.42 Å². The summed E-state index contributed by atoms with van der Waals surface area (Å²) in [6.07, 6.45) is 9.09. The number of nitrogens with two attached hydrogens (primary N) is 1. The van der Waals surface area contributed by atoms with Crippen LogP contribution < -0.4 is 11.1 Å². The molecular weight excluding hydrogens is 148 g/mol. The highest BCUT2D eigenvalue weighted by atomic mass is 15.0. The van der Waals surface area contributed by atoms with Gasteiger partial charge in [-0.1, -0.05) is 24.8 Å². The van der Waals surface area contributed by atoms with Crippen LogP contribution in [0.3, 0.4) is 0 Å². The molecule has 1 unspecified atom stereocenters.